The van der Waals surface area contributed by atoms with Crippen molar-refractivity contribution in [3.05, 3.63) is 12.2 Å². The minimum absolute atomic E-state index is 0.0181. The van der Waals surface area contributed by atoms with Gasteiger partial charge < -0.3 is 20.3 Å². The summed E-state index contributed by atoms with van der Waals surface area (Å²) in [5.74, 6) is -0.00414. The molecule has 0 heterocycles. The molecule has 0 fully saturated rings. The van der Waals surface area contributed by atoms with Crippen LogP contribution in [0, 0.1) is 0 Å². The van der Waals surface area contributed by atoms with Gasteiger partial charge in [-0.25, -0.2) is 0 Å². The molecular weight excluding hydrogens is 1160 g/mol. The molecule has 0 aliphatic carbocycles. The van der Waals surface area contributed by atoms with Crippen LogP contribution in [0.15, 0.2) is 12.2 Å². The summed E-state index contributed by atoms with van der Waals surface area (Å²) >= 11 is 0. The van der Waals surface area contributed by atoms with Gasteiger partial charge in [0.25, 0.3) is 0 Å². The zero-order chi connectivity index (χ0) is 68.4. The number of unbranched alkanes of at least 4 members (excludes halogenated alkanes) is 72. The summed E-state index contributed by atoms with van der Waals surface area (Å²) in [7, 11) is 0. The minimum atomic E-state index is -0.661. The number of hydrogen-bond donors (Lipinski definition) is 3. The fraction of sp³-hybridized carbons (Fsp3) is 0.955. The fourth-order valence-electron chi connectivity index (χ4n) is 14.6. The highest BCUT2D eigenvalue weighted by Crippen LogP contribution is 2.21. The van der Waals surface area contributed by atoms with Crippen LogP contribution in [0.3, 0.4) is 0 Å². The van der Waals surface area contributed by atoms with Crippen molar-refractivity contribution in [1.29, 1.82) is 0 Å². The predicted octanol–water partition coefficient (Wildman–Crippen LogP) is 29.8. The molecular formula is C89H175NO5. The number of aliphatic hydroxyl groups is 2. The summed E-state index contributed by atoms with van der Waals surface area (Å²) in [5.41, 5.74) is 0. The van der Waals surface area contributed by atoms with Crippen LogP contribution in [0.25, 0.3) is 0 Å². The molecule has 0 aromatic heterocycles. The third-order valence-corrected chi connectivity index (χ3v) is 21.3. The Labute approximate surface area is 597 Å². The molecule has 0 aliphatic heterocycles. The lowest BCUT2D eigenvalue weighted by atomic mass is 10.0. The monoisotopic (exact) mass is 1340 g/mol. The molecule has 6 heteroatoms. The SMILES string of the molecule is CCCCCCCCC/C=C\CCCCCCCC(=O)OCCCCCCCCCCCCCCCCCCCCCCCCCCCCCCCCCCCCCCCCCC(=O)NC(CO)C(O)CCCCCCCCCCCCCCCCCCCCCCCCC. The smallest absolute Gasteiger partial charge is 0.305 e. The zero-order valence-electron chi connectivity index (χ0n) is 65.2. The standard InChI is InChI=1S/C89H175NO5/c1-3-5-7-9-11-13-15-17-19-21-22-23-41-44-47-50-53-57-61-65-69-73-77-81-87(92)86(85-91)90-88(93)82-78-74-70-66-62-58-54-51-48-45-42-39-37-35-33-31-29-27-25-24-26-28-30-32-34-36-38-40-43-46-49-52-56-60-64-68-72-76-80-84-95-89(94)83-79-75-71-67-63-59-55-20-18-16-14-12-10-8-6-4-2/h20,55,86-87,91-92H,3-19,21-54,56-85H2,1-2H3,(H,90,93)/b55-20-. The van der Waals surface area contributed by atoms with Crippen LogP contribution in [-0.4, -0.2) is 47.4 Å². The maximum absolute atomic E-state index is 12.6. The number of ether oxygens (including phenoxy) is 1. The Balaban J connectivity index is 3.29. The van der Waals surface area contributed by atoms with Gasteiger partial charge in [0.05, 0.1) is 25.4 Å². The molecule has 6 nitrogen and oxygen atoms in total. The normalized spacial score (nSPS) is 12.4. The lowest BCUT2D eigenvalue weighted by Crippen LogP contribution is -2.45. The van der Waals surface area contributed by atoms with Crippen molar-refractivity contribution in [1.82, 2.24) is 5.32 Å². The van der Waals surface area contributed by atoms with Gasteiger partial charge in [0.1, 0.15) is 0 Å². The van der Waals surface area contributed by atoms with E-state index < -0.39 is 12.1 Å². The zero-order valence-corrected chi connectivity index (χ0v) is 65.2. The van der Waals surface area contributed by atoms with Crippen LogP contribution in [0.2, 0.25) is 0 Å². The quantitative estimate of drug-likeness (QED) is 0.0320. The molecule has 0 bridgehead atoms. The van der Waals surface area contributed by atoms with E-state index in [-0.39, 0.29) is 18.5 Å². The first-order chi connectivity index (χ1) is 47.0. The van der Waals surface area contributed by atoms with E-state index in [1.165, 1.54) is 443 Å². The number of rotatable bonds is 85. The first-order valence-corrected chi connectivity index (χ1v) is 44.4. The number of carbonyl (C=O) groups is 2. The van der Waals surface area contributed by atoms with Crippen LogP contribution in [0.1, 0.15) is 521 Å². The van der Waals surface area contributed by atoms with Gasteiger partial charge in [0.15, 0.2) is 0 Å². The Hall–Kier alpha value is -1.40. The van der Waals surface area contributed by atoms with E-state index in [1.807, 2.05) is 0 Å². The van der Waals surface area contributed by atoms with Crippen molar-refractivity contribution in [3.8, 4) is 0 Å². The molecule has 0 rings (SSSR count). The first-order valence-electron chi connectivity index (χ1n) is 44.4. The van der Waals surface area contributed by atoms with Gasteiger partial charge in [0, 0.05) is 12.8 Å². The van der Waals surface area contributed by atoms with E-state index in [0.717, 1.165) is 44.9 Å². The summed E-state index contributed by atoms with van der Waals surface area (Å²) in [5, 5.41) is 23.5. The summed E-state index contributed by atoms with van der Waals surface area (Å²) in [4.78, 5) is 24.7. The Kier molecular flexibility index (Phi) is 83.8. The molecule has 3 N–H and O–H groups in total. The van der Waals surface area contributed by atoms with Gasteiger partial charge in [-0.3, -0.25) is 9.59 Å². The lowest BCUT2D eigenvalue weighted by Gasteiger charge is -2.22. The van der Waals surface area contributed by atoms with Crippen molar-refractivity contribution >= 4 is 11.9 Å². The number of hydrogen-bond acceptors (Lipinski definition) is 5. The number of nitrogens with one attached hydrogen (secondary N) is 1. The fourth-order valence-corrected chi connectivity index (χ4v) is 14.6. The molecule has 1 amide bonds. The van der Waals surface area contributed by atoms with Gasteiger partial charge >= 0.3 is 5.97 Å². The van der Waals surface area contributed by atoms with Gasteiger partial charge in [-0.05, 0) is 51.4 Å². The number of allylic oxidation sites excluding steroid dienone is 2. The third kappa shape index (κ3) is 81.5. The molecule has 0 spiro atoms. The molecule has 0 saturated carbocycles. The molecule has 2 atom stereocenters. The molecule has 0 aromatic carbocycles. The second-order valence-corrected chi connectivity index (χ2v) is 30.9. The Bertz CT molecular complexity index is 1450. The highest BCUT2D eigenvalue weighted by molar-refractivity contribution is 5.76. The molecule has 0 radical (unpaired) electrons. The number of aliphatic hydroxyl groups excluding tert-OH is 2. The third-order valence-electron chi connectivity index (χ3n) is 21.3. The summed E-state index contributed by atoms with van der Waals surface area (Å²) in [6.45, 7) is 5.01. The van der Waals surface area contributed by atoms with E-state index in [4.69, 9.17) is 4.74 Å². The molecule has 2 unspecified atom stereocenters. The van der Waals surface area contributed by atoms with E-state index in [9.17, 15) is 19.8 Å². The second-order valence-electron chi connectivity index (χ2n) is 30.9. The summed E-state index contributed by atoms with van der Waals surface area (Å²) in [6.07, 6.45) is 109. The van der Waals surface area contributed by atoms with Gasteiger partial charge in [-0.1, -0.05) is 469 Å². The predicted molar refractivity (Wildman–Crippen MR) is 421 cm³/mol. The van der Waals surface area contributed by atoms with Crippen molar-refractivity contribution in [2.75, 3.05) is 13.2 Å². The van der Waals surface area contributed by atoms with E-state index >= 15 is 0 Å². The van der Waals surface area contributed by atoms with E-state index in [1.54, 1.807) is 0 Å². The van der Waals surface area contributed by atoms with E-state index in [0.29, 0.717) is 25.9 Å². The van der Waals surface area contributed by atoms with Gasteiger partial charge in [-0.15, -0.1) is 0 Å². The van der Waals surface area contributed by atoms with Crippen LogP contribution >= 0.6 is 0 Å². The van der Waals surface area contributed by atoms with Crippen LogP contribution in [0.5, 0.6) is 0 Å². The minimum Gasteiger partial charge on any atom is -0.466 e. The van der Waals surface area contributed by atoms with Crippen molar-refractivity contribution in [3.63, 3.8) is 0 Å². The molecule has 0 aromatic rings. The van der Waals surface area contributed by atoms with Gasteiger partial charge in [-0.2, -0.15) is 0 Å². The molecule has 0 aliphatic rings. The summed E-state index contributed by atoms with van der Waals surface area (Å²) < 4.78 is 5.51. The number of amides is 1. The Morgan fingerprint density at radius 3 is 0.747 bits per heavy atom. The average molecular weight is 1340 g/mol. The molecule has 95 heavy (non-hydrogen) atoms. The Morgan fingerprint density at radius 1 is 0.284 bits per heavy atom. The largest absolute Gasteiger partial charge is 0.466 e. The number of esters is 1. The van der Waals surface area contributed by atoms with E-state index in [2.05, 4.69) is 31.3 Å². The molecule has 566 valence electrons. The Morgan fingerprint density at radius 2 is 0.495 bits per heavy atom. The second kappa shape index (κ2) is 85.0. The van der Waals surface area contributed by atoms with Crippen LogP contribution in [0.4, 0.5) is 0 Å². The van der Waals surface area contributed by atoms with Crippen LogP contribution in [-0.2, 0) is 14.3 Å². The van der Waals surface area contributed by atoms with Crippen molar-refractivity contribution in [2.45, 2.75) is 533 Å². The number of carbonyl (C=O) groups excluding carboxylic acids is 2. The van der Waals surface area contributed by atoms with Crippen molar-refractivity contribution < 1.29 is 24.5 Å². The maximum Gasteiger partial charge on any atom is 0.305 e. The maximum atomic E-state index is 12.6. The highest BCUT2D eigenvalue weighted by atomic mass is 16.5. The topological polar surface area (TPSA) is 95.9 Å². The van der Waals surface area contributed by atoms with Gasteiger partial charge in [0.2, 0.25) is 5.91 Å². The first kappa shape index (κ1) is 93.6. The highest BCUT2D eigenvalue weighted by Gasteiger charge is 2.20. The average Bonchev–Trinajstić information content (AvgIpc) is 3.06. The summed E-state index contributed by atoms with van der Waals surface area (Å²) in [6, 6.07) is -0.537. The van der Waals surface area contributed by atoms with Crippen molar-refractivity contribution in [2.24, 2.45) is 0 Å². The molecule has 0 saturated heterocycles. The van der Waals surface area contributed by atoms with Crippen LogP contribution < -0.4 is 5.32 Å². The lowest BCUT2D eigenvalue weighted by molar-refractivity contribution is -0.143.